The van der Waals surface area contributed by atoms with Crippen LogP contribution in [0.25, 0.3) is 0 Å². The van der Waals surface area contributed by atoms with Gasteiger partial charge in [0.2, 0.25) is 0 Å². The molecule has 1 aromatic rings. The molecular weight excluding hydrogens is 322 g/mol. The van der Waals surface area contributed by atoms with E-state index in [0.717, 1.165) is 11.3 Å². The molecule has 7 heteroatoms. The standard InChI is InChI=1S/C18H27N3O4/c1-11(2)19-8-13(23)10-25-16-7-5-6-15-17(16)14(9-20-15)18(4,21-24)12(3)22/h5-7,11,13-14,19-20,23H,8-10H2,1-4H3. The number of ether oxygens (including phenoxy) is 1. The number of aliphatic hydroxyl groups is 1. The minimum atomic E-state index is -1.35. The lowest BCUT2D eigenvalue weighted by atomic mass is 9.79. The molecule has 25 heavy (non-hydrogen) atoms. The molecule has 1 aliphatic heterocycles. The van der Waals surface area contributed by atoms with Crippen LogP contribution in [0.3, 0.4) is 0 Å². The highest BCUT2D eigenvalue weighted by Gasteiger charge is 2.46. The minimum absolute atomic E-state index is 0.119. The van der Waals surface area contributed by atoms with Gasteiger partial charge in [-0.1, -0.05) is 25.1 Å². The summed E-state index contributed by atoms with van der Waals surface area (Å²) in [6.45, 7) is 7.93. The van der Waals surface area contributed by atoms with Crippen molar-refractivity contribution in [3.05, 3.63) is 28.7 Å². The van der Waals surface area contributed by atoms with Gasteiger partial charge in [0.05, 0.1) is 0 Å². The zero-order valence-corrected chi connectivity index (χ0v) is 15.2. The van der Waals surface area contributed by atoms with E-state index < -0.39 is 17.6 Å². The van der Waals surface area contributed by atoms with Crippen molar-refractivity contribution in [2.75, 3.05) is 25.0 Å². The number of nitrogens with one attached hydrogen (secondary N) is 2. The van der Waals surface area contributed by atoms with E-state index in [1.165, 1.54) is 6.92 Å². The lowest BCUT2D eigenvalue weighted by molar-refractivity contribution is -0.122. The minimum Gasteiger partial charge on any atom is -0.490 e. The van der Waals surface area contributed by atoms with Crippen molar-refractivity contribution in [1.82, 2.24) is 5.32 Å². The fraction of sp³-hybridized carbons (Fsp3) is 0.611. The van der Waals surface area contributed by atoms with Crippen LogP contribution >= 0.6 is 0 Å². The van der Waals surface area contributed by atoms with Gasteiger partial charge in [-0.15, -0.1) is 4.91 Å². The molecule has 1 aromatic carbocycles. The number of hydrogen-bond donors (Lipinski definition) is 3. The van der Waals surface area contributed by atoms with Crippen molar-refractivity contribution in [3.63, 3.8) is 0 Å². The second-order valence-corrected chi connectivity index (χ2v) is 6.97. The second-order valence-electron chi connectivity index (χ2n) is 6.97. The number of nitroso groups, excluding NO2 is 1. The Labute approximate surface area is 148 Å². The van der Waals surface area contributed by atoms with E-state index in [1.54, 1.807) is 13.0 Å². The van der Waals surface area contributed by atoms with E-state index in [2.05, 4.69) is 15.8 Å². The summed E-state index contributed by atoms with van der Waals surface area (Å²) in [5.41, 5.74) is 0.243. The molecule has 0 aliphatic carbocycles. The molecule has 0 fully saturated rings. The summed E-state index contributed by atoms with van der Waals surface area (Å²) in [6, 6.07) is 5.78. The van der Waals surface area contributed by atoms with Crippen molar-refractivity contribution >= 4 is 11.5 Å². The Bertz CT molecular complexity index is 635. The number of carbonyl (C=O) groups is 1. The summed E-state index contributed by atoms with van der Waals surface area (Å²) in [5, 5.41) is 19.5. The van der Waals surface area contributed by atoms with Crippen LogP contribution in [-0.2, 0) is 4.79 Å². The Kier molecular flexibility index (Phi) is 6.13. The first-order chi connectivity index (χ1) is 11.8. The Morgan fingerprint density at radius 3 is 2.84 bits per heavy atom. The first-order valence-electron chi connectivity index (χ1n) is 8.56. The van der Waals surface area contributed by atoms with E-state index in [-0.39, 0.29) is 18.4 Å². The van der Waals surface area contributed by atoms with Crippen LogP contribution in [0.5, 0.6) is 5.75 Å². The maximum absolute atomic E-state index is 12.0. The molecule has 1 aliphatic rings. The van der Waals surface area contributed by atoms with Gasteiger partial charge in [0.1, 0.15) is 18.5 Å². The molecule has 0 saturated carbocycles. The highest BCUT2D eigenvalue weighted by molar-refractivity contribution is 5.88. The van der Waals surface area contributed by atoms with Crippen molar-refractivity contribution in [2.24, 2.45) is 5.18 Å². The molecule has 2 rings (SSSR count). The zero-order chi connectivity index (χ0) is 18.6. The average molecular weight is 349 g/mol. The fourth-order valence-corrected chi connectivity index (χ4v) is 2.97. The van der Waals surface area contributed by atoms with Gasteiger partial charge in [-0.05, 0) is 26.0 Å². The van der Waals surface area contributed by atoms with Crippen molar-refractivity contribution < 1.29 is 14.6 Å². The first kappa shape index (κ1) is 19.3. The largest absolute Gasteiger partial charge is 0.490 e. The number of Topliss-reactive ketones (excluding diaryl/α,β-unsaturated/α-hetero) is 1. The molecule has 1 heterocycles. The highest BCUT2D eigenvalue weighted by atomic mass is 16.5. The van der Waals surface area contributed by atoms with E-state index >= 15 is 0 Å². The monoisotopic (exact) mass is 349 g/mol. The molecule has 7 nitrogen and oxygen atoms in total. The van der Waals surface area contributed by atoms with Crippen molar-refractivity contribution in [2.45, 2.75) is 51.3 Å². The molecule has 0 spiro atoms. The third-order valence-corrected chi connectivity index (χ3v) is 4.69. The summed E-state index contributed by atoms with van der Waals surface area (Å²) in [6.07, 6.45) is -0.658. The van der Waals surface area contributed by atoms with Gasteiger partial charge in [0.25, 0.3) is 0 Å². The number of ketones is 1. The molecule has 3 atom stereocenters. The molecule has 0 radical (unpaired) electrons. The summed E-state index contributed by atoms with van der Waals surface area (Å²) < 4.78 is 5.81. The van der Waals surface area contributed by atoms with Crippen LogP contribution in [0.4, 0.5) is 5.69 Å². The molecule has 0 saturated heterocycles. The second kappa shape index (κ2) is 7.93. The first-order valence-corrected chi connectivity index (χ1v) is 8.56. The molecular formula is C18H27N3O4. The predicted molar refractivity (Wildman–Crippen MR) is 97.2 cm³/mol. The van der Waals surface area contributed by atoms with Gasteiger partial charge in [-0.25, -0.2) is 0 Å². The number of hydrogen-bond acceptors (Lipinski definition) is 7. The normalized spacial score (nSPS) is 19.7. The van der Waals surface area contributed by atoms with Crippen LogP contribution < -0.4 is 15.4 Å². The molecule has 3 unspecified atom stereocenters. The van der Waals surface area contributed by atoms with E-state index in [4.69, 9.17) is 4.74 Å². The fourth-order valence-electron chi connectivity index (χ4n) is 2.97. The van der Waals surface area contributed by atoms with E-state index in [0.29, 0.717) is 18.8 Å². The molecule has 0 amide bonds. The van der Waals surface area contributed by atoms with Crippen LogP contribution in [-0.4, -0.2) is 48.3 Å². The number of rotatable bonds is 9. The van der Waals surface area contributed by atoms with E-state index in [9.17, 15) is 14.8 Å². The summed E-state index contributed by atoms with van der Waals surface area (Å²) in [4.78, 5) is 23.4. The number of aliphatic hydroxyl groups excluding tert-OH is 1. The lowest BCUT2D eigenvalue weighted by Crippen LogP contribution is -2.39. The Morgan fingerprint density at radius 2 is 2.24 bits per heavy atom. The van der Waals surface area contributed by atoms with Gasteiger partial charge in [-0.2, -0.15) is 0 Å². The number of nitrogens with zero attached hydrogens (tertiary/aromatic N) is 1. The van der Waals surface area contributed by atoms with Crippen LogP contribution in [0.2, 0.25) is 0 Å². The van der Waals surface area contributed by atoms with Crippen molar-refractivity contribution in [3.8, 4) is 5.75 Å². The molecule has 0 bridgehead atoms. The third-order valence-electron chi connectivity index (χ3n) is 4.69. The maximum atomic E-state index is 12.0. The van der Waals surface area contributed by atoms with Crippen LogP contribution in [0, 0.1) is 4.91 Å². The lowest BCUT2D eigenvalue weighted by Gasteiger charge is -2.27. The van der Waals surface area contributed by atoms with Gasteiger partial charge in [-0.3, -0.25) is 4.79 Å². The Balaban J connectivity index is 2.19. The van der Waals surface area contributed by atoms with Gasteiger partial charge < -0.3 is 20.5 Å². The number of carbonyl (C=O) groups excluding carboxylic acids is 1. The number of fused-ring (bicyclic) bond motifs is 1. The van der Waals surface area contributed by atoms with Crippen LogP contribution in [0.1, 0.15) is 39.2 Å². The van der Waals surface area contributed by atoms with Crippen molar-refractivity contribution in [1.29, 1.82) is 0 Å². The maximum Gasteiger partial charge on any atom is 0.166 e. The molecule has 0 aromatic heterocycles. The van der Waals surface area contributed by atoms with E-state index in [1.807, 2.05) is 26.0 Å². The smallest absolute Gasteiger partial charge is 0.166 e. The van der Waals surface area contributed by atoms with Gasteiger partial charge >= 0.3 is 0 Å². The Hall–Kier alpha value is -1.99. The number of benzene rings is 1. The highest BCUT2D eigenvalue weighted by Crippen LogP contribution is 2.45. The number of anilines is 1. The topological polar surface area (TPSA) is 100 Å². The van der Waals surface area contributed by atoms with Gasteiger partial charge in [0, 0.05) is 36.3 Å². The SMILES string of the molecule is CC(=O)C(C)(N=O)C1CNc2cccc(OCC(O)CNC(C)C)c21. The summed E-state index contributed by atoms with van der Waals surface area (Å²) in [7, 11) is 0. The molecule has 3 N–H and O–H groups in total. The Morgan fingerprint density at radius 1 is 1.52 bits per heavy atom. The zero-order valence-electron chi connectivity index (χ0n) is 15.2. The van der Waals surface area contributed by atoms with Gasteiger partial charge in [0.15, 0.2) is 11.3 Å². The predicted octanol–water partition coefficient (Wildman–Crippen LogP) is 2.05. The molecule has 138 valence electrons. The third kappa shape index (κ3) is 4.16. The average Bonchev–Trinajstić information content (AvgIpc) is 3.02. The summed E-state index contributed by atoms with van der Waals surface area (Å²) in [5.74, 6) is -0.120. The summed E-state index contributed by atoms with van der Waals surface area (Å²) >= 11 is 0. The van der Waals surface area contributed by atoms with Crippen LogP contribution in [0.15, 0.2) is 23.4 Å². The quantitative estimate of drug-likeness (QED) is 0.590.